The summed E-state index contributed by atoms with van der Waals surface area (Å²) < 4.78 is 7.59. The van der Waals surface area contributed by atoms with Gasteiger partial charge in [0.25, 0.3) is 0 Å². The molecule has 3 heterocycles. The van der Waals surface area contributed by atoms with Crippen LogP contribution in [0.2, 0.25) is 0 Å². The lowest BCUT2D eigenvalue weighted by atomic mass is 10.1. The number of hydrogen-bond acceptors (Lipinski definition) is 5. The number of carbonyl (C=O) groups is 1. The minimum absolute atomic E-state index is 0.108. The molecule has 1 aliphatic rings. The summed E-state index contributed by atoms with van der Waals surface area (Å²) in [5.74, 6) is 0.108. The Morgan fingerprint density at radius 2 is 2.21 bits per heavy atom. The smallest absolute Gasteiger partial charge is 0.224 e. The standard InChI is InChI=1S/C17H23N5O2/c1-12-3-5-22(20-12)6-4-17(23)21-7-8-24-16(11-21)15-10-14(18)9-13(2)19-15/h3,5,9-10,16H,4,6-8,11H2,1-2H3,(H2,18,19)/t16-/m1/s1. The molecular formula is C17H23N5O2. The number of hydrogen-bond donors (Lipinski definition) is 1. The molecule has 0 bridgehead atoms. The summed E-state index contributed by atoms with van der Waals surface area (Å²) in [4.78, 5) is 18.8. The van der Waals surface area contributed by atoms with Gasteiger partial charge in [-0.15, -0.1) is 0 Å². The van der Waals surface area contributed by atoms with E-state index in [1.807, 2.05) is 43.1 Å². The van der Waals surface area contributed by atoms with Crippen molar-refractivity contribution in [3.8, 4) is 0 Å². The molecule has 1 amide bonds. The zero-order chi connectivity index (χ0) is 17.1. The fraction of sp³-hybridized carbons (Fsp3) is 0.471. The number of morpholine rings is 1. The number of pyridine rings is 1. The van der Waals surface area contributed by atoms with Crippen LogP contribution >= 0.6 is 0 Å². The molecule has 7 heteroatoms. The Hall–Kier alpha value is -2.41. The van der Waals surface area contributed by atoms with Gasteiger partial charge in [-0.2, -0.15) is 5.10 Å². The number of nitrogens with two attached hydrogens (primary N) is 1. The molecule has 1 aliphatic heterocycles. The molecule has 1 fully saturated rings. The Kier molecular flexibility index (Phi) is 4.80. The van der Waals surface area contributed by atoms with Gasteiger partial charge in [-0.05, 0) is 32.0 Å². The normalized spacial score (nSPS) is 17.9. The summed E-state index contributed by atoms with van der Waals surface area (Å²) in [7, 11) is 0. The van der Waals surface area contributed by atoms with Crippen molar-refractivity contribution in [3.63, 3.8) is 0 Å². The van der Waals surface area contributed by atoms with E-state index >= 15 is 0 Å². The molecule has 24 heavy (non-hydrogen) atoms. The van der Waals surface area contributed by atoms with Crippen molar-refractivity contribution in [2.45, 2.75) is 32.9 Å². The van der Waals surface area contributed by atoms with Crippen LogP contribution in [0.25, 0.3) is 0 Å². The van der Waals surface area contributed by atoms with Gasteiger partial charge in [0.2, 0.25) is 5.91 Å². The Morgan fingerprint density at radius 3 is 2.92 bits per heavy atom. The molecule has 1 atom stereocenters. The molecule has 0 aliphatic carbocycles. The third-order valence-corrected chi connectivity index (χ3v) is 4.07. The average molecular weight is 329 g/mol. The lowest BCUT2D eigenvalue weighted by Gasteiger charge is -2.33. The van der Waals surface area contributed by atoms with Crippen LogP contribution in [0.1, 0.15) is 29.6 Å². The van der Waals surface area contributed by atoms with Gasteiger partial charge < -0.3 is 15.4 Å². The van der Waals surface area contributed by atoms with Gasteiger partial charge in [-0.3, -0.25) is 14.5 Å². The first-order chi connectivity index (χ1) is 11.5. The van der Waals surface area contributed by atoms with Crippen molar-refractivity contribution >= 4 is 11.6 Å². The molecule has 3 rings (SSSR count). The highest BCUT2D eigenvalue weighted by molar-refractivity contribution is 5.76. The van der Waals surface area contributed by atoms with Crippen LogP contribution < -0.4 is 5.73 Å². The number of ether oxygens (including phenoxy) is 1. The van der Waals surface area contributed by atoms with Crippen molar-refractivity contribution < 1.29 is 9.53 Å². The van der Waals surface area contributed by atoms with E-state index in [-0.39, 0.29) is 12.0 Å². The number of aryl methyl sites for hydroxylation is 3. The first-order valence-corrected chi connectivity index (χ1v) is 8.15. The van der Waals surface area contributed by atoms with Gasteiger partial charge >= 0.3 is 0 Å². The second-order valence-corrected chi connectivity index (χ2v) is 6.14. The van der Waals surface area contributed by atoms with Crippen molar-refractivity contribution in [3.05, 3.63) is 41.5 Å². The highest BCUT2D eigenvalue weighted by atomic mass is 16.5. The Morgan fingerprint density at radius 1 is 1.38 bits per heavy atom. The van der Waals surface area contributed by atoms with Crippen LogP contribution in [0, 0.1) is 13.8 Å². The SMILES string of the molecule is Cc1cc(N)cc([C@H]2CN(C(=O)CCn3ccc(C)n3)CCO2)n1. The fourth-order valence-corrected chi connectivity index (χ4v) is 2.90. The molecule has 2 N–H and O–H groups in total. The van der Waals surface area contributed by atoms with Crippen LogP contribution in [0.5, 0.6) is 0 Å². The number of nitrogens with zero attached hydrogens (tertiary/aromatic N) is 4. The Labute approximate surface area is 141 Å². The summed E-state index contributed by atoms with van der Waals surface area (Å²) >= 11 is 0. The second kappa shape index (κ2) is 7.00. The predicted molar refractivity (Wildman–Crippen MR) is 90.2 cm³/mol. The summed E-state index contributed by atoms with van der Waals surface area (Å²) in [6.45, 7) is 6.04. The average Bonchev–Trinajstić information content (AvgIpc) is 2.97. The number of rotatable bonds is 4. The molecule has 1 saturated heterocycles. The van der Waals surface area contributed by atoms with E-state index in [2.05, 4.69) is 10.1 Å². The minimum Gasteiger partial charge on any atom is -0.399 e. The van der Waals surface area contributed by atoms with E-state index in [0.29, 0.717) is 38.3 Å². The molecule has 2 aromatic heterocycles. The van der Waals surface area contributed by atoms with Gasteiger partial charge in [-0.1, -0.05) is 0 Å². The number of amides is 1. The minimum atomic E-state index is -0.225. The van der Waals surface area contributed by atoms with Gasteiger partial charge in [0.1, 0.15) is 6.10 Å². The summed E-state index contributed by atoms with van der Waals surface area (Å²) in [5, 5.41) is 4.31. The maximum Gasteiger partial charge on any atom is 0.224 e. The van der Waals surface area contributed by atoms with Crippen LogP contribution in [-0.2, 0) is 16.1 Å². The quantitative estimate of drug-likeness (QED) is 0.918. The molecule has 0 saturated carbocycles. The topological polar surface area (TPSA) is 86.3 Å². The molecule has 7 nitrogen and oxygen atoms in total. The van der Waals surface area contributed by atoms with E-state index in [0.717, 1.165) is 17.1 Å². The molecule has 0 aromatic carbocycles. The lowest BCUT2D eigenvalue weighted by molar-refractivity contribution is -0.139. The fourth-order valence-electron chi connectivity index (χ4n) is 2.90. The van der Waals surface area contributed by atoms with Gasteiger partial charge in [0.05, 0.1) is 24.5 Å². The zero-order valence-electron chi connectivity index (χ0n) is 14.1. The molecule has 128 valence electrons. The van der Waals surface area contributed by atoms with Crippen LogP contribution in [0.3, 0.4) is 0 Å². The predicted octanol–water partition coefficient (Wildman–Crippen LogP) is 1.47. The van der Waals surface area contributed by atoms with Crippen molar-refractivity contribution in [2.75, 3.05) is 25.4 Å². The van der Waals surface area contributed by atoms with Gasteiger partial charge in [0, 0.05) is 37.1 Å². The maximum absolute atomic E-state index is 12.5. The number of nitrogen functional groups attached to an aromatic ring is 1. The van der Waals surface area contributed by atoms with E-state index in [4.69, 9.17) is 10.5 Å². The Bertz CT molecular complexity index is 707. The van der Waals surface area contributed by atoms with Gasteiger partial charge in [-0.25, -0.2) is 0 Å². The third-order valence-electron chi connectivity index (χ3n) is 4.07. The van der Waals surface area contributed by atoms with Crippen molar-refractivity contribution in [1.29, 1.82) is 0 Å². The highest BCUT2D eigenvalue weighted by Crippen LogP contribution is 2.23. The number of aromatic nitrogens is 3. The lowest BCUT2D eigenvalue weighted by Crippen LogP contribution is -2.42. The number of anilines is 1. The maximum atomic E-state index is 12.5. The summed E-state index contributed by atoms with van der Waals surface area (Å²) in [6.07, 6.45) is 2.10. The molecule has 2 aromatic rings. The number of carbonyl (C=O) groups excluding carboxylic acids is 1. The monoisotopic (exact) mass is 329 g/mol. The van der Waals surface area contributed by atoms with Crippen LogP contribution in [0.15, 0.2) is 24.4 Å². The zero-order valence-corrected chi connectivity index (χ0v) is 14.1. The summed E-state index contributed by atoms with van der Waals surface area (Å²) in [6, 6.07) is 5.57. The largest absolute Gasteiger partial charge is 0.399 e. The second-order valence-electron chi connectivity index (χ2n) is 6.14. The Balaban J connectivity index is 1.61. The molecular weight excluding hydrogens is 306 g/mol. The molecule has 0 spiro atoms. The first-order valence-electron chi connectivity index (χ1n) is 8.15. The van der Waals surface area contributed by atoms with E-state index in [1.54, 1.807) is 4.68 Å². The van der Waals surface area contributed by atoms with E-state index in [1.165, 1.54) is 0 Å². The van der Waals surface area contributed by atoms with Crippen molar-refractivity contribution in [2.24, 2.45) is 0 Å². The highest BCUT2D eigenvalue weighted by Gasteiger charge is 2.26. The van der Waals surface area contributed by atoms with E-state index in [9.17, 15) is 4.79 Å². The van der Waals surface area contributed by atoms with Gasteiger partial charge in [0.15, 0.2) is 0 Å². The molecule has 0 unspecified atom stereocenters. The van der Waals surface area contributed by atoms with Crippen LogP contribution in [0.4, 0.5) is 5.69 Å². The molecule has 0 radical (unpaired) electrons. The third kappa shape index (κ3) is 3.91. The first kappa shape index (κ1) is 16.4. The van der Waals surface area contributed by atoms with E-state index < -0.39 is 0 Å². The van der Waals surface area contributed by atoms with Crippen LogP contribution in [-0.4, -0.2) is 45.3 Å². The summed E-state index contributed by atoms with van der Waals surface area (Å²) in [5.41, 5.74) is 9.15. The van der Waals surface area contributed by atoms with Crippen molar-refractivity contribution in [1.82, 2.24) is 19.7 Å².